The van der Waals surface area contributed by atoms with Crippen LogP contribution < -0.4 is 5.32 Å². The van der Waals surface area contributed by atoms with Gasteiger partial charge in [-0.25, -0.2) is 0 Å². The van der Waals surface area contributed by atoms with E-state index in [-0.39, 0.29) is 12.5 Å². The van der Waals surface area contributed by atoms with E-state index in [9.17, 15) is 4.79 Å². The minimum Gasteiger partial charge on any atom is -0.351 e. The van der Waals surface area contributed by atoms with Crippen LogP contribution in [0.15, 0.2) is 12.7 Å². The summed E-state index contributed by atoms with van der Waals surface area (Å²) in [5.41, 5.74) is 0. The fourth-order valence-corrected chi connectivity index (χ4v) is 1.53. The number of hydrogen-bond donors (Lipinski definition) is 2. The summed E-state index contributed by atoms with van der Waals surface area (Å²) in [4.78, 5) is 11.5. The second kappa shape index (κ2) is 6.22. The van der Waals surface area contributed by atoms with Crippen LogP contribution in [0.25, 0.3) is 0 Å². The maximum absolute atomic E-state index is 11.5. The van der Waals surface area contributed by atoms with Gasteiger partial charge < -0.3 is 5.32 Å². The van der Waals surface area contributed by atoms with Gasteiger partial charge >= 0.3 is 0 Å². The van der Waals surface area contributed by atoms with Gasteiger partial charge in [0.1, 0.15) is 12.4 Å². The van der Waals surface area contributed by atoms with E-state index < -0.39 is 0 Å². The molecule has 0 unspecified atom stereocenters. The number of aromatic nitrogens is 3. The highest BCUT2D eigenvalue weighted by Gasteiger charge is 2.08. The summed E-state index contributed by atoms with van der Waals surface area (Å²) in [6, 6.07) is 0. The Morgan fingerprint density at radius 2 is 2.50 bits per heavy atom. The lowest BCUT2D eigenvalue weighted by Gasteiger charge is -2.05. The molecule has 0 spiro atoms. The van der Waals surface area contributed by atoms with Crippen LogP contribution in [0.2, 0.25) is 0 Å². The third-order valence-electron chi connectivity index (χ3n) is 2.06. The molecule has 0 aliphatic rings. The third kappa shape index (κ3) is 3.30. The lowest BCUT2D eigenvalue weighted by atomic mass is 10.3. The quantitative estimate of drug-likeness (QED) is 0.580. The zero-order chi connectivity index (χ0) is 12.0. The first kappa shape index (κ1) is 12.6. The van der Waals surface area contributed by atoms with Gasteiger partial charge in [0.05, 0.1) is 0 Å². The molecule has 0 radical (unpaired) electrons. The Bertz CT molecular complexity index is 421. The molecule has 0 saturated carbocycles. The second-order valence-corrected chi connectivity index (χ2v) is 3.76. The van der Waals surface area contributed by atoms with E-state index in [4.69, 9.17) is 12.2 Å². The maximum atomic E-state index is 11.5. The first-order valence-electron chi connectivity index (χ1n) is 5.20. The first-order chi connectivity index (χ1) is 7.69. The molecular weight excluding hydrogens is 224 g/mol. The molecule has 0 fully saturated rings. The topological polar surface area (TPSA) is 62.7 Å². The van der Waals surface area contributed by atoms with Crippen LogP contribution in [0.4, 0.5) is 0 Å². The molecule has 1 aromatic heterocycles. The average molecular weight is 240 g/mol. The van der Waals surface area contributed by atoms with Crippen molar-refractivity contribution in [1.29, 1.82) is 0 Å². The van der Waals surface area contributed by atoms with E-state index in [1.807, 2.05) is 0 Å². The van der Waals surface area contributed by atoms with Gasteiger partial charge in [0.15, 0.2) is 4.77 Å². The zero-order valence-corrected chi connectivity index (χ0v) is 10.1. The molecule has 0 bridgehead atoms. The van der Waals surface area contributed by atoms with Crippen molar-refractivity contribution in [2.45, 2.75) is 26.3 Å². The Morgan fingerprint density at radius 3 is 3.12 bits per heavy atom. The van der Waals surface area contributed by atoms with Gasteiger partial charge in [-0.1, -0.05) is 13.0 Å². The standard InChI is InChI=1S/C10H16N4OS/c1-3-5-8-12-13-10(16)14(8)7-9(15)11-6-4-2/h4H,2-3,5-7H2,1H3,(H,11,15)(H,13,16). The molecule has 5 nitrogen and oxygen atoms in total. The number of hydrogen-bond acceptors (Lipinski definition) is 3. The molecule has 6 heteroatoms. The summed E-state index contributed by atoms with van der Waals surface area (Å²) in [5.74, 6) is 0.732. The monoisotopic (exact) mass is 240 g/mol. The summed E-state index contributed by atoms with van der Waals surface area (Å²) >= 11 is 5.06. The van der Waals surface area contributed by atoms with Crippen molar-refractivity contribution >= 4 is 18.1 Å². The van der Waals surface area contributed by atoms with Crippen molar-refractivity contribution < 1.29 is 4.79 Å². The van der Waals surface area contributed by atoms with E-state index in [1.54, 1.807) is 10.6 Å². The normalized spacial score (nSPS) is 10.1. The van der Waals surface area contributed by atoms with Gasteiger partial charge in [0, 0.05) is 13.0 Å². The zero-order valence-electron chi connectivity index (χ0n) is 9.32. The van der Waals surface area contributed by atoms with Crippen LogP contribution in [0.3, 0.4) is 0 Å². The molecule has 1 heterocycles. The molecule has 16 heavy (non-hydrogen) atoms. The van der Waals surface area contributed by atoms with Crippen molar-refractivity contribution in [3.8, 4) is 0 Å². The third-order valence-corrected chi connectivity index (χ3v) is 2.37. The SMILES string of the molecule is C=CCNC(=O)Cn1c(CCC)n[nH]c1=S. The van der Waals surface area contributed by atoms with Crippen molar-refractivity contribution in [2.24, 2.45) is 0 Å². The summed E-state index contributed by atoms with van der Waals surface area (Å²) in [6.07, 6.45) is 3.41. The van der Waals surface area contributed by atoms with E-state index >= 15 is 0 Å². The number of amides is 1. The maximum Gasteiger partial charge on any atom is 0.240 e. The van der Waals surface area contributed by atoms with Crippen LogP contribution in [0, 0.1) is 4.77 Å². The van der Waals surface area contributed by atoms with Gasteiger partial charge in [-0.15, -0.1) is 6.58 Å². The molecule has 0 aliphatic heterocycles. The van der Waals surface area contributed by atoms with E-state index in [0.29, 0.717) is 11.3 Å². The Kier molecular flexibility index (Phi) is 4.91. The molecule has 88 valence electrons. The summed E-state index contributed by atoms with van der Waals surface area (Å²) in [6.45, 7) is 6.26. The number of rotatable bonds is 6. The number of carbonyl (C=O) groups excluding carboxylic acids is 1. The molecule has 1 aromatic rings. The van der Waals surface area contributed by atoms with Gasteiger partial charge in [0.25, 0.3) is 0 Å². The lowest BCUT2D eigenvalue weighted by molar-refractivity contribution is -0.121. The van der Waals surface area contributed by atoms with Gasteiger partial charge in [-0.05, 0) is 18.6 Å². The van der Waals surface area contributed by atoms with E-state index in [2.05, 4.69) is 29.0 Å². The fourth-order valence-electron chi connectivity index (χ4n) is 1.31. The van der Waals surface area contributed by atoms with Crippen molar-refractivity contribution in [3.05, 3.63) is 23.3 Å². The van der Waals surface area contributed by atoms with Crippen LogP contribution in [0.1, 0.15) is 19.2 Å². The number of nitrogens with zero attached hydrogens (tertiary/aromatic N) is 2. The Hall–Kier alpha value is -1.43. The number of aromatic amines is 1. The average Bonchev–Trinajstić information content (AvgIpc) is 2.59. The predicted octanol–water partition coefficient (Wildman–Crippen LogP) is 1.20. The van der Waals surface area contributed by atoms with Gasteiger partial charge in [-0.2, -0.15) is 5.10 Å². The summed E-state index contributed by atoms with van der Waals surface area (Å²) in [7, 11) is 0. The number of carbonyl (C=O) groups is 1. The van der Waals surface area contributed by atoms with Crippen molar-refractivity contribution in [3.63, 3.8) is 0 Å². The number of nitrogens with one attached hydrogen (secondary N) is 2. The van der Waals surface area contributed by atoms with Crippen LogP contribution in [0.5, 0.6) is 0 Å². The molecule has 1 rings (SSSR count). The van der Waals surface area contributed by atoms with Gasteiger partial charge in [0.2, 0.25) is 5.91 Å². The second-order valence-electron chi connectivity index (χ2n) is 3.37. The molecule has 0 aliphatic carbocycles. The molecule has 0 aromatic carbocycles. The highest BCUT2D eigenvalue weighted by molar-refractivity contribution is 7.71. The Labute approximate surface area is 99.6 Å². The minimum atomic E-state index is -0.0882. The minimum absolute atomic E-state index is 0.0882. The summed E-state index contributed by atoms with van der Waals surface area (Å²) in [5, 5.41) is 9.48. The van der Waals surface area contributed by atoms with Crippen LogP contribution in [-0.2, 0) is 17.8 Å². The molecule has 1 amide bonds. The largest absolute Gasteiger partial charge is 0.351 e. The van der Waals surface area contributed by atoms with Crippen molar-refractivity contribution in [2.75, 3.05) is 6.54 Å². The number of aryl methyl sites for hydroxylation is 1. The Balaban J connectivity index is 2.71. The van der Waals surface area contributed by atoms with E-state index in [0.717, 1.165) is 18.7 Å². The fraction of sp³-hybridized carbons (Fsp3) is 0.500. The molecule has 0 atom stereocenters. The summed E-state index contributed by atoms with van der Waals surface area (Å²) < 4.78 is 2.20. The highest BCUT2D eigenvalue weighted by Crippen LogP contribution is 2.01. The lowest BCUT2D eigenvalue weighted by Crippen LogP contribution is -2.28. The number of H-pyrrole nitrogens is 1. The van der Waals surface area contributed by atoms with Crippen molar-refractivity contribution in [1.82, 2.24) is 20.1 Å². The Morgan fingerprint density at radius 1 is 1.75 bits per heavy atom. The molecular formula is C10H16N4OS. The first-order valence-corrected chi connectivity index (χ1v) is 5.61. The van der Waals surface area contributed by atoms with E-state index in [1.165, 1.54) is 0 Å². The molecule has 2 N–H and O–H groups in total. The highest BCUT2D eigenvalue weighted by atomic mass is 32.1. The van der Waals surface area contributed by atoms with Crippen LogP contribution >= 0.6 is 12.2 Å². The van der Waals surface area contributed by atoms with Gasteiger partial charge in [-0.3, -0.25) is 14.5 Å². The predicted molar refractivity (Wildman–Crippen MR) is 64.6 cm³/mol. The molecule has 0 saturated heterocycles. The smallest absolute Gasteiger partial charge is 0.240 e. The van der Waals surface area contributed by atoms with Crippen LogP contribution in [-0.4, -0.2) is 27.2 Å².